The highest BCUT2D eigenvalue weighted by Gasteiger charge is 2.21. The number of halogens is 2. The van der Waals surface area contributed by atoms with Gasteiger partial charge in [-0.2, -0.15) is 0 Å². The smallest absolute Gasteiger partial charge is 0.285 e. The molecule has 2 aromatic rings. The molecule has 0 saturated carbocycles. The Kier molecular flexibility index (Phi) is 5.22. The lowest BCUT2D eigenvalue weighted by molar-refractivity contribution is 0.0976. The van der Waals surface area contributed by atoms with Crippen LogP contribution in [0.15, 0.2) is 29.0 Å². The molecule has 0 aliphatic heterocycles. The molecule has 0 spiro atoms. The Balaban J connectivity index is 2.16. The van der Waals surface area contributed by atoms with Gasteiger partial charge in [0.15, 0.2) is 5.69 Å². The Hall–Kier alpha value is -1.42. The Morgan fingerprint density at radius 3 is 2.82 bits per heavy atom. The number of aromatic nitrogens is 2. The van der Waals surface area contributed by atoms with Gasteiger partial charge in [-0.3, -0.25) is 4.79 Å². The van der Waals surface area contributed by atoms with Gasteiger partial charge >= 0.3 is 0 Å². The standard InChI is InChI=1S/C12H12BrClN4O3S/c13-8-2-1-7(9(14)3-8)5-22(20,21)18-12(19)11-10(4-15)16-6-17-11/h1-3,6H,4-5,15H2,(H,16,17)(H,18,19). The fraction of sp³-hybridized carbons (Fsp3) is 0.167. The Morgan fingerprint density at radius 2 is 2.18 bits per heavy atom. The van der Waals surface area contributed by atoms with E-state index >= 15 is 0 Å². The minimum atomic E-state index is -3.91. The first-order valence-corrected chi connectivity index (χ1v) is 8.86. The van der Waals surface area contributed by atoms with E-state index in [-0.39, 0.29) is 17.3 Å². The third-order valence-corrected chi connectivity index (χ3v) is 4.78. The van der Waals surface area contributed by atoms with Crippen molar-refractivity contribution in [3.63, 3.8) is 0 Å². The summed E-state index contributed by atoms with van der Waals surface area (Å²) in [7, 11) is -3.91. The number of carbonyl (C=O) groups is 1. The fourth-order valence-electron chi connectivity index (χ4n) is 1.74. The lowest BCUT2D eigenvalue weighted by Gasteiger charge is -2.08. The van der Waals surface area contributed by atoms with Gasteiger partial charge in [0.1, 0.15) is 0 Å². The van der Waals surface area contributed by atoms with Gasteiger partial charge in [-0.05, 0) is 17.7 Å². The van der Waals surface area contributed by atoms with E-state index in [1.807, 2.05) is 4.72 Å². The maximum atomic E-state index is 12.1. The topological polar surface area (TPSA) is 118 Å². The van der Waals surface area contributed by atoms with E-state index in [1.165, 1.54) is 6.33 Å². The molecule has 22 heavy (non-hydrogen) atoms. The van der Waals surface area contributed by atoms with Crippen molar-refractivity contribution in [2.75, 3.05) is 0 Å². The molecule has 4 N–H and O–H groups in total. The summed E-state index contributed by atoms with van der Waals surface area (Å²) in [6.07, 6.45) is 1.27. The number of rotatable bonds is 5. The number of aromatic amines is 1. The van der Waals surface area contributed by atoms with Gasteiger partial charge in [0.2, 0.25) is 10.0 Å². The van der Waals surface area contributed by atoms with Crippen molar-refractivity contribution >= 4 is 43.5 Å². The van der Waals surface area contributed by atoms with Gasteiger partial charge in [0.05, 0.1) is 17.8 Å². The van der Waals surface area contributed by atoms with E-state index in [1.54, 1.807) is 18.2 Å². The van der Waals surface area contributed by atoms with Crippen LogP contribution in [-0.2, 0) is 22.3 Å². The minimum Gasteiger partial charge on any atom is -0.347 e. The van der Waals surface area contributed by atoms with Crippen LogP contribution in [0.25, 0.3) is 0 Å². The van der Waals surface area contributed by atoms with Crippen LogP contribution in [0.2, 0.25) is 5.02 Å². The van der Waals surface area contributed by atoms with Gasteiger partial charge in [-0.1, -0.05) is 33.6 Å². The highest BCUT2D eigenvalue weighted by atomic mass is 79.9. The molecule has 10 heteroatoms. The summed E-state index contributed by atoms with van der Waals surface area (Å²) in [5.41, 5.74) is 6.12. The number of nitrogens with one attached hydrogen (secondary N) is 2. The average molecular weight is 408 g/mol. The van der Waals surface area contributed by atoms with Crippen LogP contribution in [0.3, 0.4) is 0 Å². The van der Waals surface area contributed by atoms with Crippen LogP contribution in [0.4, 0.5) is 0 Å². The summed E-state index contributed by atoms with van der Waals surface area (Å²) in [4.78, 5) is 18.4. The molecule has 0 aliphatic rings. The van der Waals surface area contributed by atoms with Crippen LogP contribution in [0.5, 0.6) is 0 Å². The monoisotopic (exact) mass is 406 g/mol. The van der Waals surface area contributed by atoms with Crippen molar-refractivity contribution in [3.8, 4) is 0 Å². The number of imidazole rings is 1. The summed E-state index contributed by atoms with van der Waals surface area (Å²) in [5, 5.41) is 0.287. The third-order valence-electron chi connectivity index (χ3n) is 2.75. The van der Waals surface area contributed by atoms with E-state index in [9.17, 15) is 13.2 Å². The SMILES string of the molecule is NCc1[nH]cnc1C(=O)NS(=O)(=O)Cc1ccc(Br)cc1Cl. The lowest BCUT2D eigenvalue weighted by atomic mass is 10.2. The molecule has 1 amide bonds. The third kappa shape index (κ3) is 4.07. The molecule has 0 fully saturated rings. The molecule has 1 aromatic heterocycles. The number of H-pyrrole nitrogens is 1. The number of nitrogens with zero attached hydrogens (tertiary/aromatic N) is 1. The zero-order valence-electron chi connectivity index (χ0n) is 11.1. The van der Waals surface area contributed by atoms with Crippen LogP contribution < -0.4 is 10.5 Å². The second-order valence-electron chi connectivity index (χ2n) is 4.36. The van der Waals surface area contributed by atoms with Gasteiger partial charge in [0.25, 0.3) is 5.91 Å². The molecule has 0 aliphatic carbocycles. The number of amides is 1. The zero-order valence-corrected chi connectivity index (χ0v) is 14.3. The van der Waals surface area contributed by atoms with E-state index in [0.717, 1.165) is 4.47 Å². The Morgan fingerprint density at radius 1 is 1.45 bits per heavy atom. The summed E-state index contributed by atoms with van der Waals surface area (Å²) < 4.78 is 26.8. The molecule has 0 bridgehead atoms. The van der Waals surface area contributed by atoms with Gasteiger partial charge in [-0.15, -0.1) is 0 Å². The van der Waals surface area contributed by atoms with Crippen molar-refractivity contribution in [3.05, 3.63) is 51.0 Å². The quantitative estimate of drug-likeness (QED) is 0.695. The number of hydrogen-bond acceptors (Lipinski definition) is 5. The molecule has 0 saturated heterocycles. The van der Waals surface area contributed by atoms with Crippen molar-refractivity contribution in [1.29, 1.82) is 0 Å². The number of sulfonamides is 1. The Bertz CT molecular complexity index is 806. The second-order valence-corrected chi connectivity index (χ2v) is 7.40. The zero-order chi connectivity index (χ0) is 16.3. The van der Waals surface area contributed by atoms with E-state index < -0.39 is 21.7 Å². The maximum Gasteiger partial charge on any atom is 0.285 e. The summed E-state index contributed by atoms with van der Waals surface area (Å²) in [6.45, 7) is 0.0430. The summed E-state index contributed by atoms with van der Waals surface area (Å²) in [5.74, 6) is -1.26. The number of carbonyl (C=O) groups excluding carboxylic acids is 1. The molecule has 2 rings (SSSR count). The molecule has 1 heterocycles. The largest absolute Gasteiger partial charge is 0.347 e. The lowest BCUT2D eigenvalue weighted by Crippen LogP contribution is -2.32. The minimum absolute atomic E-state index is 0.0430. The number of benzene rings is 1. The first kappa shape index (κ1) is 16.9. The van der Waals surface area contributed by atoms with Crippen molar-refractivity contribution in [2.24, 2.45) is 5.73 Å². The van der Waals surface area contributed by atoms with Crippen LogP contribution in [-0.4, -0.2) is 24.3 Å². The predicted molar refractivity (Wildman–Crippen MR) is 85.7 cm³/mol. The first-order valence-electron chi connectivity index (χ1n) is 6.03. The average Bonchev–Trinajstić information content (AvgIpc) is 2.90. The van der Waals surface area contributed by atoms with Crippen LogP contribution in [0, 0.1) is 0 Å². The Labute approximate surface area is 140 Å². The predicted octanol–water partition coefficient (Wildman–Crippen LogP) is 1.54. The second kappa shape index (κ2) is 6.78. The van der Waals surface area contributed by atoms with Gasteiger partial charge in [0, 0.05) is 16.0 Å². The molecule has 0 atom stereocenters. The molecule has 1 aromatic carbocycles. The molecular formula is C12H12BrClN4O3S. The van der Waals surface area contributed by atoms with Gasteiger partial charge in [-0.25, -0.2) is 18.1 Å². The van der Waals surface area contributed by atoms with E-state index in [0.29, 0.717) is 11.3 Å². The first-order chi connectivity index (χ1) is 10.3. The number of nitrogens with two attached hydrogens (primary N) is 1. The van der Waals surface area contributed by atoms with E-state index in [2.05, 4.69) is 25.9 Å². The number of hydrogen-bond donors (Lipinski definition) is 3. The molecule has 118 valence electrons. The van der Waals surface area contributed by atoms with Crippen LogP contribution >= 0.6 is 27.5 Å². The normalized spacial score (nSPS) is 11.4. The highest BCUT2D eigenvalue weighted by Crippen LogP contribution is 2.22. The fourth-order valence-corrected chi connectivity index (χ4v) is 3.67. The van der Waals surface area contributed by atoms with Crippen LogP contribution in [0.1, 0.15) is 21.7 Å². The van der Waals surface area contributed by atoms with Crippen molar-refractivity contribution in [1.82, 2.24) is 14.7 Å². The molecular weight excluding hydrogens is 396 g/mol. The molecule has 0 radical (unpaired) electrons. The highest BCUT2D eigenvalue weighted by molar-refractivity contribution is 9.10. The molecule has 0 unspecified atom stereocenters. The maximum absolute atomic E-state index is 12.1. The van der Waals surface area contributed by atoms with E-state index in [4.69, 9.17) is 17.3 Å². The summed E-state index contributed by atoms with van der Waals surface area (Å²) in [6, 6.07) is 4.81. The van der Waals surface area contributed by atoms with Crippen molar-refractivity contribution < 1.29 is 13.2 Å². The molecule has 7 nitrogen and oxygen atoms in total. The van der Waals surface area contributed by atoms with Crippen molar-refractivity contribution in [2.45, 2.75) is 12.3 Å². The summed E-state index contributed by atoms with van der Waals surface area (Å²) >= 11 is 9.21. The van der Waals surface area contributed by atoms with Gasteiger partial charge < -0.3 is 10.7 Å².